The number of halogens is 2. The third-order valence-electron chi connectivity index (χ3n) is 1.32. The van der Waals surface area contributed by atoms with E-state index in [1.54, 1.807) is 0 Å². The van der Waals surface area contributed by atoms with Crippen LogP contribution in [0.25, 0.3) is 0 Å². The van der Waals surface area contributed by atoms with Gasteiger partial charge in [-0.2, -0.15) is 0 Å². The molecule has 3 N–H and O–H groups in total. The van der Waals surface area contributed by atoms with E-state index in [1.165, 1.54) is 0 Å². The minimum atomic E-state index is 0.582. The number of nitrogens with one attached hydrogen (secondary N) is 1. The zero-order valence-corrected chi connectivity index (χ0v) is 8.11. The smallest absolute Gasteiger partial charge is 0.0593 e. The summed E-state index contributed by atoms with van der Waals surface area (Å²) in [4.78, 5) is 0. The van der Waals surface area contributed by atoms with Crippen LogP contribution in [0.3, 0.4) is 0 Å². The molecule has 0 heterocycles. The summed E-state index contributed by atoms with van der Waals surface area (Å²) in [5.41, 5.74) is 3.54. The highest BCUT2D eigenvalue weighted by Gasteiger charge is 2.01. The molecule has 1 aromatic rings. The van der Waals surface area contributed by atoms with Crippen molar-refractivity contribution < 1.29 is 0 Å². The molecule has 2 nitrogen and oxygen atoms in total. The summed E-state index contributed by atoms with van der Waals surface area (Å²) in [6.07, 6.45) is 0. The summed E-state index contributed by atoms with van der Waals surface area (Å²) in [6, 6.07) is 5.73. The normalized spacial score (nSPS) is 10.1. The quantitative estimate of drug-likeness (QED) is 0.608. The second-order valence-corrected chi connectivity index (χ2v) is 3.33. The van der Waals surface area contributed by atoms with Crippen molar-refractivity contribution in [3.05, 3.63) is 33.3 Å². The maximum atomic E-state index is 5.93. The Labute approximate surface area is 78.8 Å². The lowest BCUT2D eigenvalue weighted by Crippen LogP contribution is -2.20. The van der Waals surface area contributed by atoms with E-state index in [-0.39, 0.29) is 0 Å². The minimum absolute atomic E-state index is 0.582. The van der Waals surface area contributed by atoms with Gasteiger partial charge in [0.1, 0.15) is 0 Å². The van der Waals surface area contributed by atoms with Crippen molar-refractivity contribution in [2.45, 2.75) is 6.54 Å². The Bertz CT molecular complexity index is 252. The van der Waals surface area contributed by atoms with Gasteiger partial charge in [-0.25, -0.2) is 0 Å². The Balaban J connectivity index is 2.96. The van der Waals surface area contributed by atoms with E-state index in [1.807, 2.05) is 18.2 Å². The minimum Gasteiger partial charge on any atom is -0.271 e. The highest BCUT2D eigenvalue weighted by Crippen LogP contribution is 2.25. The zero-order chi connectivity index (χ0) is 8.27. The number of hydrogen-bond donors (Lipinski definition) is 2. The highest BCUT2D eigenvalue weighted by molar-refractivity contribution is 9.10. The van der Waals surface area contributed by atoms with E-state index in [0.717, 1.165) is 10.0 Å². The highest BCUT2D eigenvalue weighted by atomic mass is 79.9. The Morgan fingerprint density at radius 3 is 2.91 bits per heavy atom. The zero-order valence-electron chi connectivity index (χ0n) is 5.77. The van der Waals surface area contributed by atoms with Gasteiger partial charge in [-0.3, -0.25) is 11.3 Å². The molecule has 0 radical (unpaired) electrons. The lowest BCUT2D eigenvalue weighted by Gasteiger charge is -2.03. The van der Waals surface area contributed by atoms with Crippen LogP contribution in [0, 0.1) is 0 Å². The SMILES string of the molecule is NNCc1cccc(Br)c1Cl. The molecule has 1 aromatic carbocycles. The maximum absolute atomic E-state index is 5.93. The van der Waals surface area contributed by atoms with E-state index in [4.69, 9.17) is 17.4 Å². The van der Waals surface area contributed by atoms with Crippen LogP contribution < -0.4 is 11.3 Å². The predicted molar refractivity (Wildman–Crippen MR) is 50.2 cm³/mol. The molecule has 0 bridgehead atoms. The van der Waals surface area contributed by atoms with Crippen LogP contribution in [-0.4, -0.2) is 0 Å². The fourth-order valence-corrected chi connectivity index (χ4v) is 1.40. The van der Waals surface area contributed by atoms with Crippen molar-refractivity contribution >= 4 is 27.5 Å². The second-order valence-electron chi connectivity index (χ2n) is 2.09. The molecule has 11 heavy (non-hydrogen) atoms. The van der Waals surface area contributed by atoms with Gasteiger partial charge in [-0.05, 0) is 27.6 Å². The molecule has 0 saturated heterocycles. The van der Waals surface area contributed by atoms with E-state index in [9.17, 15) is 0 Å². The molecule has 0 amide bonds. The summed E-state index contributed by atoms with van der Waals surface area (Å²) < 4.78 is 0.895. The Kier molecular flexibility index (Phi) is 3.33. The fourth-order valence-electron chi connectivity index (χ4n) is 0.795. The van der Waals surface area contributed by atoms with Gasteiger partial charge >= 0.3 is 0 Å². The number of nitrogens with two attached hydrogens (primary N) is 1. The summed E-state index contributed by atoms with van der Waals surface area (Å²) in [5.74, 6) is 5.16. The predicted octanol–water partition coefficient (Wildman–Crippen LogP) is 2.07. The number of rotatable bonds is 2. The molecule has 0 unspecified atom stereocenters. The molecule has 4 heteroatoms. The molecule has 0 spiro atoms. The monoisotopic (exact) mass is 234 g/mol. The molecule has 0 aliphatic heterocycles. The topological polar surface area (TPSA) is 38.0 Å². The van der Waals surface area contributed by atoms with Crippen molar-refractivity contribution in [3.63, 3.8) is 0 Å². The number of hydrazine groups is 1. The first kappa shape index (κ1) is 9.00. The Morgan fingerprint density at radius 2 is 2.27 bits per heavy atom. The third kappa shape index (κ3) is 2.17. The van der Waals surface area contributed by atoms with Crippen molar-refractivity contribution in [1.29, 1.82) is 0 Å². The summed E-state index contributed by atoms with van der Waals surface area (Å²) >= 11 is 9.25. The molecule has 0 aromatic heterocycles. The Hall–Kier alpha value is -0.0900. The Morgan fingerprint density at radius 1 is 1.55 bits per heavy atom. The molecule has 0 fully saturated rings. The fraction of sp³-hybridized carbons (Fsp3) is 0.143. The van der Waals surface area contributed by atoms with Crippen LogP contribution >= 0.6 is 27.5 Å². The van der Waals surface area contributed by atoms with Crippen LogP contribution in [0.15, 0.2) is 22.7 Å². The number of benzene rings is 1. The van der Waals surface area contributed by atoms with Crippen LogP contribution in [-0.2, 0) is 6.54 Å². The molecule has 0 aliphatic rings. The first-order chi connectivity index (χ1) is 5.25. The van der Waals surface area contributed by atoms with Gasteiger partial charge in [0.15, 0.2) is 0 Å². The van der Waals surface area contributed by atoms with Gasteiger partial charge < -0.3 is 0 Å². The molecular weight excluding hydrogens is 227 g/mol. The largest absolute Gasteiger partial charge is 0.271 e. The summed E-state index contributed by atoms with van der Waals surface area (Å²) in [5, 5.41) is 0.713. The summed E-state index contributed by atoms with van der Waals surface area (Å²) in [6.45, 7) is 0.582. The molecular formula is C7H8BrClN2. The lowest BCUT2D eigenvalue weighted by molar-refractivity contribution is 0.741. The third-order valence-corrected chi connectivity index (χ3v) is 2.66. The molecule has 60 valence electrons. The van der Waals surface area contributed by atoms with Gasteiger partial charge in [-0.1, -0.05) is 23.7 Å². The van der Waals surface area contributed by atoms with Crippen LogP contribution in [0.4, 0.5) is 0 Å². The standard InChI is InChI=1S/C7H8BrClN2/c8-6-3-1-2-5(4-11-10)7(6)9/h1-3,11H,4,10H2. The van der Waals surface area contributed by atoms with Gasteiger partial charge in [0.2, 0.25) is 0 Å². The first-order valence-electron chi connectivity index (χ1n) is 3.12. The van der Waals surface area contributed by atoms with Crippen molar-refractivity contribution in [1.82, 2.24) is 5.43 Å². The number of hydrogen-bond acceptors (Lipinski definition) is 2. The molecule has 1 rings (SSSR count). The van der Waals surface area contributed by atoms with Gasteiger partial charge in [-0.15, -0.1) is 0 Å². The van der Waals surface area contributed by atoms with Gasteiger partial charge in [0.25, 0.3) is 0 Å². The van der Waals surface area contributed by atoms with Crippen molar-refractivity contribution in [2.24, 2.45) is 5.84 Å². The summed E-state index contributed by atoms with van der Waals surface area (Å²) in [7, 11) is 0. The second kappa shape index (κ2) is 4.07. The first-order valence-corrected chi connectivity index (χ1v) is 4.29. The van der Waals surface area contributed by atoms with Gasteiger partial charge in [0.05, 0.1) is 5.02 Å². The van der Waals surface area contributed by atoms with Crippen molar-refractivity contribution in [3.8, 4) is 0 Å². The van der Waals surface area contributed by atoms with E-state index in [0.29, 0.717) is 11.6 Å². The molecule has 0 saturated carbocycles. The molecule has 0 atom stereocenters. The van der Waals surface area contributed by atoms with Crippen LogP contribution in [0.1, 0.15) is 5.56 Å². The van der Waals surface area contributed by atoms with Crippen molar-refractivity contribution in [2.75, 3.05) is 0 Å². The lowest BCUT2D eigenvalue weighted by atomic mass is 10.2. The average molecular weight is 236 g/mol. The van der Waals surface area contributed by atoms with Gasteiger partial charge in [0, 0.05) is 11.0 Å². The van der Waals surface area contributed by atoms with Crippen LogP contribution in [0.2, 0.25) is 5.02 Å². The van der Waals surface area contributed by atoms with Crippen LogP contribution in [0.5, 0.6) is 0 Å². The maximum Gasteiger partial charge on any atom is 0.0593 e. The van der Waals surface area contributed by atoms with E-state index in [2.05, 4.69) is 21.4 Å². The average Bonchev–Trinajstić information content (AvgIpc) is 1.99. The van der Waals surface area contributed by atoms with E-state index < -0.39 is 0 Å². The van der Waals surface area contributed by atoms with E-state index >= 15 is 0 Å². The molecule has 0 aliphatic carbocycles.